The second kappa shape index (κ2) is 7.40. The number of hydrogen-bond donors (Lipinski definition) is 1. The van der Waals surface area contributed by atoms with E-state index in [4.69, 9.17) is 13.7 Å². The predicted octanol–water partition coefficient (Wildman–Crippen LogP) is 2.10. The number of carbonyl (C=O) groups is 1. The first kappa shape index (κ1) is 15.7. The molecule has 24 heavy (non-hydrogen) atoms. The average Bonchev–Trinajstić information content (AvgIpc) is 3.26. The van der Waals surface area contributed by atoms with Crippen LogP contribution in [-0.2, 0) is 6.42 Å². The zero-order chi connectivity index (χ0) is 16.8. The largest absolute Gasteiger partial charge is 0.465 e. The Kier molecular flexibility index (Phi) is 4.85. The van der Waals surface area contributed by atoms with Gasteiger partial charge < -0.3 is 19.0 Å². The molecule has 0 aliphatic heterocycles. The second-order valence-electron chi connectivity index (χ2n) is 4.81. The molecule has 0 saturated carbocycles. The molecule has 0 aliphatic rings. The summed E-state index contributed by atoms with van der Waals surface area (Å²) < 4.78 is 15.6. The highest BCUT2D eigenvalue weighted by atomic mass is 16.6. The van der Waals surface area contributed by atoms with E-state index in [1.54, 1.807) is 30.6 Å². The molecule has 1 amide bonds. The number of nitrogens with one attached hydrogen (secondary N) is 1. The normalized spacial score (nSPS) is 10.5. The number of rotatable bonds is 7. The highest BCUT2D eigenvalue weighted by Gasteiger charge is 2.13. The van der Waals surface area contributed by atoms with Crippen molar-refractivity contribution in [2.24, 2.45) is 0 Å². The van der Waals surface area contributed by atoms with Crippen molar-refractivity contribution in [1.29, 1.82) is 0 Å². The van der Waals surface area contributed by atoms with Gasteiger partial charge in [0.25, 0.3) is 11.9 Å². The molecule has 0 aliphatic carbocycles. The molecule has 3 heterocycles. The molecule has 3 aromatic heterocycles. The van der Waals surface area contributed by atoms with Gasteiger partial charge in [0, 0.05) is 37.0 Å². The Morgan fingerprint density at radius 3 is 3.04 bits per heavy atom. The molecule has 0 bridgehead atoms. The number of carbonyl (C=O) groups excluding carboxylic acids is 1. The lowest BCUT2D eigenvalue weighted by Gasteiger charge is -2.00. The van der Waals surface area contributed by atoms with Crippen LogP contribution in [0.15, 0.2) is 45.6 Å². The summed E-state index contributed by atoms with van der Waals surface area (Å²) in [6.07, 6.45) is 3.74. The Labute approximate surface area is 137 Å². The van der Waals surface area contributed by atoms with Crippen molar-refractivity contribution < 1.29 is 18.5 Å². The molecule has 0 spiro atoms. The monoisotopic (exact) mass is 328 g/mol. The average molecular weight is 328 g/mol. The maximum absolute atomic E-state index is 11.9. The molecule has 1 N–H and O–H groups in total. The summed E-state index contributed by atoms with van der Waals surface area (Å²) in [4.78, 5) is 20.2. The Morgan fingerprint density at radius 2 is 2.25 bits per heavy atom. The van der Waals surface area contributed by atoms with Gasteiger partial charge in [-0.2, -0.15) is 4.98 Å². The van der Waals surface area contributed by atoms with Crippen LogP contribution in [0.1, 0.15) is 23.4 Å². The number of furan rings is 1. The van der Waals surface area contributed by atoms with Crippen LogP contribution in [-0.4, -0.2) is 34.2 Å². The highest BCUT2D eigenvalue weighted by Crippen LogP contribution is 2.16. The van der Waals surface area contributed by atoms with Crippen molar-refractivity contribution in [1.82, 2.24) is 20.4 Å². The van der Waals surface area contributed by atoms with E-state index >= 15 is 0 Å². The van der Waals surface area contributed by atoms with Gasteiger partial charge in [0.1, 0.15) is 0 Å². The minimum Gasteiger partial charge on any atom is -0.465 e. The van der Waals surface area contributed by atoms with Crippen LogP contribution in [0.4, 0.5) is 0 Å². The van der Waals surface area contributed by atoms with Crippen molar-refractivity contribution in [3.8, 4) is 17.3 Å². The van der Waals surface area contributed by atoms with E-state index in [-0.39, 0.29) is 11.7 Å². The Balaban J connectivity index is 1.51. The molecule has 3 aromatic rings. The summed E-state index contributed by atoms with van der Waals surface area (Å²) in [5.74, 6) is 1.09. The summed E-state index contributed by atoms with van der Waals surface area (Å²) in [5, 5.41) is 6.62. The topological polar surface area (TPSA) is 103 Å². The van der Waals surface area contributed by atoms with Crippen LogP contribution in [0, 0.1) is 0 Å². The van der Waals surface area contributed by atoms with Gasteiger partial charge in [0.2, 0.25) is 11.7 Å². The Morgan fingerprint density at radius 1 is 1.33 bits per heavy atom. The lowest BCUT2D eigenvalue weighted by atomic mass is 10.3. The molecule has 124 valence electrons. The van der Waals surface area contributed by atoms with Crippen LogP contribution in [0.2, 0.25) is 0 Å². The van der Waals surface area contributed by atoms with Gasteiger partial charge in [0.05, 0.1) is 6.61 Å². The second-order valence-corrected chi connectivity index (χ2v) is 4.81. The van der Waals surface area contributed by atoms with Gasteiger partial charge in [0.15, 0.2) is 5.76 Å². The third kappa shape index (κ3) is 3.78. The lowest BCUT2D eigenvalue weighted by molar-refractivity contribution is 0.0917. The first-order valence-corrected chi connectivity index (χ1v) is 7.50. The van der Waals surface area contributed by atoms with E-state index in [1.165, 1.54) is 0 Å². The number of hydrogen-bond acceptors (Lipinski definition) is 7. The van der Waals surface area contributed by atoms with Crippen molar-refractivity contribution in [3.05, 3.63) is 48.3 Å². The smallest absolute Gasteiger partial charge is 0.287 e. The van der Waals surface area contributed by atoms with Gasteiger partial charge in [-0.25, -0.2) is 0 Å². The van der Waals surface area contributed by atoms with Crippen LogP contribution in [0.3, 0.4) is 0 Å². The number of aromatic nitrogens is 3. The number of amides is 1. The van der Waals surface area contributed by atoms with Crippen LogP contribution >= 0.6 is 0 Å². The van der Waals surface area contributed by atoms with E-state index in [1.807, 2.05) is 13.0 Å². The van der Waals surface area contributed by atoms with Crippen molar-refractivity contribution in [3.63, 3.8) is 0 Å². The number of ether oxygens (including phenoxy) is 1. The fraction of sp³-hybridized carbons (Fsp3) is 0.250. The lowest BCUT2D eigenvalue weighted by Crippen LogP contribution is -2.25. The molecule has 0 fully saturated rings. The first-order valence-electron chi connectivity index (χ1n) is 7.50. The quantitative estimate of drug-likeness (QED) is 0.708. The maximum Gasteiger partial charge on any atom is 0.287 e. The minimum atomic E-state index is -0.326. The molecule has 8 heteroatoms. The summed E-state index contributed by atoms with van der Waals surface area (Å²) in [7, 11) is 0. The van der Waals surface area contributed by atoms with Gasteiger partial charge in [-0.3, -0.25) is 9.78 Å². The molecule has 0 radical (unpaired) electrons. The molecular weight excluding hydrogens is 312 g/mol. The zero-order valence-electron chi connectivity index (χ0n) is 13.1. The minimum absolute atomic E-state index is 0.194. The van der Waals surface area contributed by atoms with Crippen LogP contribution < -0.4 is 10.1 Å². The summed E-state index contributed by atoms with van der Waals surface area (Å²) >= 11 is 0. The predicted molar refractivity (Wildman–Crippen MR) is 83.4 cm³/mol. The van der Waals surface area contributed by atoms with E-state index in [2.05, 4.69) is 20.4 Å². The molecule has 3 rings (SSSR count). The molecule has 0 unspecified atom stereocenters. The summed E-state index contributed by atoms with van der Waals surface area (Å²) in [6.45, 7) is 2.66. The fourth-order valence-electron chi connectivity index (χ4n) is 2.00. The van der Waals surface area contributed by atoms with Gasteiger partial charge in [-0.1, -0.05) is 5.16 Å². The van der Waals surface area contributed by atoms with Gasteiger partial charge in [-0.05, 0) is 25.1 Å². The third-order valence-corrected chi connectivity index (χ3v) is 3.10. The first-order chi connectivity index (χ1) is 11.8. The molecule has 8 nitrogen and oxygen atoms in total. The molecule has 0 atom stereocenters. The number of nitrogens with zero attached hydrogens (tertiary/aromatic N) is 3. The standard InChI is InChI=1S/C16H16N4O4/c1-2-22-14-6-5-12(23-14)16(21)18-9-7-13-19-15(20-24-13)11-4-3-8-17-10-11/h3-6,8,10H,2,7,9H2,1H3,(H,18,21). The van der Waals surface area contributed by atoms with E-state index in [9.17, 15) is 4.79 Å². The van der Waals surface area contributed by atoms with E-state index in [0.29, 0.717) is 37.2 Å². The van der Waals surface area contributed by atoms with E-state index in [0.717, 1.165) is 5.56 Å². The summed E-state index contributed by atoms with van der Waals surface area (Å²) in [5.41, 5.74) is 0.774. The molecular formula is C16H16N4O4. The van der Waals surface area contributed by atoms with Gasteiger partial charge >= 0.3 is 0 Å². The highest BCUT2D eigenvalue weighted by molar-refractivity contribution is 5.91. The van der Waals surface area contributed by atoms with Crippen LogP contribution in [0.5, 0.6) is 5.95 Å². The zero-order valence-corrected chi connectivity index (χ0v) is 13.1. The number of pyridine rings is 1. The van der Waals surface area contributed by atoms with E-state index < -0.39 is 0 Å². The Hall–Kier alpha value is -3.16. The maximum atomic E-state index is 11.9. The van der Waals surface area contributed by atoms with Crippen molar-refractivity contribution >= 4 is 5.91 Å². The van der Waals surface area contributed by atoms with Gasteiger partial charge in [-0.15, -0.1) is 0 Å². The van der Waals surface area contributed by atoms with Crippen molar-refractivity contribution in [2.75, 3.05) is 13.2 Å². The fourth-order valence-corrected chi connectivity index (χ4v) is 2.00. The molecule has 0 aromatic carbocycles. The third-order valence-electron chi connectivity index (χ3n) is 3.10. The molecule has 0 saturated heterocycles. The Bertz CT molecular complexity index is 797. The van der Waals surface area contributed by atoms with Crippen LogP contribution in [0.25, 0.3) is 11.4 Å². The summed E-state index contributed by atoms with van der Waals surface area (Å²) in [6, 6.07) is 6.81. The SMILES string of the molecule is CCOc1ccc(C(=O)NCCc2nc(-c3cccnc3)no2)o1. The van der Waals surface area contributed by atoms with Crippen molar-refractivity contribution in [2.45, 2.75) is 13.3 Å².